The van der Waals surface area contributed by atoms with Crippen molar-refractivity contribution in [2.24, 2.45) is 5.73 Å². The zero-order valence-electron chi connectivity index (χ0n) is 8.85. The quantitative estimate of drug-likeness (QED) is 0.888. The normalized spacial score (nSPS) is 14.7. The average molecular weight is 238 g/mol. The second-order valence-electron chi connectivity index (χ2n) is 3.98. The molecule has 84 valence electrons. The van der Waals surface area contributed by atoms with Crippen LogP contribution in [0.5, 0.6) is 0 Å². The Balaban J connectivity index is 2.18. The summed E-state index contributed by atoms with van der Waals surface area (Å²) in [6.07, 6.45) is 1.91. The maximum absolute atomic E-state index is 6.13. The van der Waals surface area contributed by atoms with E-state index in [4.69, 9.17) is 21.9 Å². The smallest absolute Gasteiger partial charge is 0.213 e. The SMILES string of the molecule is CC(N)(Cc1ccc(Cl)cc1)c1ncon1. The van der Waals surface area contributed by atoms with Gasteiger partial charge in [-0.25, -0.2) is 0 Å². The molecule has 0 saturated carbocycles. The lowest BCUT2D eigenvalue weighted by atomic mass is 9.93. The van der Waals surface area contributed by atoms with Gasteiger partial charge >= 0.3 is 0 Å². The molecule has 0 aliphatic carbocycles. The molecule has 5 heteroatoms. The number of benzene rings is 1. The summed E-state index contributed by atoms with van der Waals surface area (Å²) >= 11 is 5.81. The van der Waals surface area contributed by atoms with Crippen molar-refractivity contribution in [2.45, 2.75) is 18.9 Å². The molecule has 1 aromatic carbocycles. The van der Waals surface area contributed by atoms with Crippen LogP contribution in [0.1, 0.15) is 18.3 Å². The lowest BCUT2D eigenvalue weighted by Gasteiger charge is -2.20. The molecule has 0 bridgehead atoms. The van der Waals surface area contributed by atoms with Gasteiger partial charge in [0.2, 0.25) is 6.39 Å². The van der Waals surface area contributed by atoms with Crippen LogP contribution in [0, 0.1) is 0 Å². The van der Waals surface area contributed by atoms with Gasteiger partial charge < -0.3 is 10.3 Å². The number of hydrogen-bond donors (Lipinski definition) is 1. The number of rotatable bonds is 3. The molecule has 0 saturated heterocycles. The maximum atomic E-state index is 6.13. The Hall–Kier alpha value is -1.39. The van der Waals surface area contributed by atoms with Crippen molar-refractivity contribution >= 4 is 11.6 Å². The monoisotopic (exact) mass is 237 g/mol. The molecule has 1 aromatic heterocycles. The van der Waals surface area contributed by atoms with E-state index in [9.17, 15) is 0 Å². The number of aromatic nitrogens is 2. The van der Waals surface area contributed by atoms with Gasteiger partial charge in [-0.15, -0.1) is 0 Å². The van der Waals surface area contributed by atoms with Crippen LogP contribution in [0.2, 0.25) is 5.02 Å². The minimum absolute atomic E-state index is 0.502. The molecule has 16 heavy (non-hydrogen) atoms. The Morgan fingerprint density at radius 1 is 1.38 bits per heavy atom. The van der Waals surface area contributed by atoms with Gasteiger partial charge in [0.15, 0.2) is 5.82 Å². The van der Waals surface area contributed by atoms with E-state index in [0.717, 1.165) is 5.56 Å². The Bertz CT molecular complexity index is 451. The predicted molar refractivity (Wildman–Crippen MR) is 61.0 cm³/mol. The third kappa shape index (κ3) is 2.40. The molecule has 0 radical (unpaired) electrons. The summed E-state index contributed by atoms with van der Waals surface area (Å²) in [5.74, 6) is 0.502. The van der Waals surface area contributed by atoms with Crippen molar-refractivity contribution in [1.29, 1.82) is 0 Å². The molecule has 1 unspecified atom stereocenters. The van der Waals surface area contributed by atoms with Crippen LogP contribution in [0.3, 0.4) is 0 Å². The lowest BCUT2D eigenvalue weighted by Crippen LogP contribution is -2.36. The van der Waals surface area contributed by atoms with E-state index < -0.39 is 5.54 Å². The van der Waals surface area contributed by atoms with Gasteiger partial charge in [-0.2, -0.15) is 4.98 Å². The first-order valence-corrected chi connectivity index (χ1v) is 5.26. The van der Waals surface area contributed by atoms with Gasteiger partial charge in [0.25, 0.3) is 0 Å². The molecular weight excluding hydrogens is 226 g/mol. The molecule has 0 spiro atoms. The molecule has 0 aliphatic heterocycles. The molecule has 2 aromatic rings. The second-order valence-corrected chi connectivity index (χ2v) is 4.41. The summed E-state index contributed by atoms with van der Waals surface area (Å²) < 4.78 is 4.70. The van der Waals surface area contributed by atoms with E-state index >= 15 is 0 Å². The number of halogens is 1. The summed E-state index contributed by atoms with van der Waals surface area (Å²) in [6, 6.07) is 7.55. The summed E-state index contributed by atoms with van der Waals surface area (Å²) in [5, 5.41) is 4.47. The number of hydrogen-bond acceptors (Lipinski definition) is 4. The number of nitrogens with zero attached hydrogens (tertiary/aromatic N) is 2. The molecule has 1 atom stereocenters. The summed E-state index contributed by atoms with van der Waals surface area (Å²) in [5.41, 5.74) is 6.58. The van der Waals surface area contributed by atoms with E-state index in [1.165, 1.54) is 6.39 Å². The van der Waals surface area contributed by atoms with Crippen molar-refractivity contribution in [3.63, 3.8) is 0 Å². The molecular formula is C11H12ClN3O. The topological polar surface area (TPSA) is 64.9 Å². The summed E-state index contributed by atoms with van der Waals surface area (Å²) in [7, 11) is 0. The molecule has 1 heterocycles. The zero-order valence-corrected chi connectivity index (χ0v) is 9.61. The highest BCUT2D eigenvalue weighted by Crippen LogP contribution is 2.20. The van der Waals surface area contributed by atoms with Crippen LogP contribution >= 0.6 is 11.6 Å². The molecule has 4 nitrogen and oxygen atoms in total. The fraction of sp³-hybridized carbons (Fsp3) is 0.273. The molecule has 0 aliphatic rings. The van der Waals surface area contributed by atoms with E-state index in [0.29, 0.717) is 17.3 Å². The van der Waals surface area contributed by atoms with Crippen LogP contribution in [-0.2, 0) is 12.0 Å². The Morgan fingerprint density at radius 2 is 2.06 bits per heavy atom. The summed E-state index contributed by atoms with van der Waals surface area (Å²) in [6.45, 7) is 1.87. The predicted octanol–water partition coefficient (Wildman–Crippen LogP) is 2.14. The van der Waals surface area contributed by atoms with Crippen molar-refractivity contribution in [2.75, 3.05) is 0 Å². The van der Waals surface area contributed by atoms with Gasteiger partial charge in [0.1, 0.15) is 0 Å². The van der Waals surface area contributed by atoms with Crippen molar-refractivity contribution in [3.05, 3.63) is 47.1 Å². The first kappa shape index (κ1) is 11.1. The molecule has 2 N–H and O–H groups in total. The Morgan fingerprint density at radius 3 is 2.62 bits per heavy atom. The summed E-state index contributed by atoms with van der Waals surface area (Å²) in [4.78, 5) is 3.97. The fourth-order valence-corrected chi connectivity index (χ4v) is 1.65. The van der Waals surface area contributed by atoms with Crippen molar-refractivity contribution in [3.8, 4) is 0 Å². The van der Waals surface area contributed by atoms with Crippen molar-refractivity contribution < 1.29 is 4.52 Å². The molecule has 0 amide bonds. The molecule has 0 fully saturated rings. The largest absolute Gasteiger partial charge is 0.343 e. The van der Waals surface area contributed by atoms with E-state index in [1.807, 2.05) is 31.2 Å². The fourth-order valence-electron chi connectivity index (χ4n) is 1.53. The van der Waals surface area contributed by atoms with Gasteiger partial charge in [0.05, 0.1) is 5.54 Å². The van der Waals surface area contributed by atoms with Gasteiger partial charge in [-0.1, -0.05) is 28.9 Å². The van der Waals surface area contributed by atoms with Gasteiger partial charge in [-0.3, -0.25) is 0 Å². The third-order valence-electron chi connectivity index (χ3n) is 2.36. The highest BCUT2D eigenvalue weighted by molar-refractivity contribution is 6.30. The van der Waals surface area contributed by atoms with Crippen LogP contribution < -0.4 is 5.73 Å². The first-order chi connectivity index (χ1) is 7.58. The number of nitrogens with two attached hydrogens (primary N) is 1. The lowest BCUT2D eigenvalue weighted by molar-refractivity contribution is 0.376. The first-order valence-electron chi connectivity index (χ1n) is 4.88. The minimum atomic E-state index is -0.638. The average Bonchev–Trinajstić information content (AvgIpc) is 2.75. The van der Waals surface area contributed by atoms with E-state index in [1.54, 1.807) is 0 Å². The highest BCUT2D eigenvalue weighted by Gasteiger charge is 2.26. The second kappa shape index (κ2) is 4.23. The Labute approximate surface area is 98.4 Å². The van der Waals surface area contributed by atoms with Crippen LogP contribution in [0.25, 0.3) is 0 Å². The van der Waals surface area contributed by atoms with E-state index in [-0.39, 0.29) is 0 Å². The van der Waals surface area contributed by atoms with Crippen LogP contribution in [0.15, 0.2) is 35.2 Å². The van der Waals surface area contributed by atoms with E-state index in [2.05, 4.69) is 10.1 Å². The maximum Gasteiger partial charge on any atom is 0.213 e. The Kier molecular flexibility index (Phi) is 2.94. The van der Waals surface area contributed by atoms with Gasteiger partial charge in [0, 0.05) is 5.02 Å². The van der Waals surface area contributed by atoms with Crippen LogP contribution in [-0.4, -0.2) is 10.1 Å². The highest BCUT2D eigenvalue weighted by atomic mass is 35.5. The van der Waals surface area contributed by atoms with Crippen molar-refractivity contribution in [1.82, 2.24) is 10.1 Å². The third-order valence-corrected chi connectivity index (χ3v) is 2.61. The standard InChI is InChI=1S/C11H12ClN3O/c1-11(13,10-14-7-16-15-10)6-8-2-4-9(12)5-3-8/h2-5,7H,6,13H2,1H3. The zero-order chi connectivity index (χ0) is 11.6. The van der Waals surface area contributed by atoms with Crippen LogP contribution in [0.4, 0.5) is 0 Å². The molecule has 2 rings (SSSR count). The minimum Gasteiger partial charge on any atom is -0.343 e. The van der Waals surface area contributed by atoms with Gasteiger partial charge in [-0.05, 0) is 31.0 Å².